The van der Waals surface area contributed by atoms with Crippen molar-refractivity contribution in [2.75, 3.05) is 13.2 Å². The van der Waals surface area contributed by atoms with Gasteiger partial charge in [-0.25, -0.2) is 9.97 Å². The van der Waals surface area contributed by atoms with E-state index in [4.69, 9.17) is 4.74 Å². The third kappa shape index (κ3) is 4.95. The Kier molecular flexibility index (Phi) is 6.56. The third-order valence-corrected chi connectivity index (χ3v) is 5.61. The van der Waals surface area contributed by atoms with Gasteiger partial charge in [0.25, 0.3) is 5.56 Å². The Balaban J connectivity index is 1.53. The zero-order valence-electron chi connectivity index (χ0n) is 17.0. The highest BCUT2D eigenvalue weighted by Gasteiger charge is 2.13. The summed E-state index contributed by atoms with van der Waals surface area (Å²) in [4.78, 5) is 24.2. The summed E-state index contributed by atoms with van der Waals surface area (Å²) in [6.07, 6.45) is 8.33. The summed E-state index contributed by atoms with van der Waals surface area (Å²) < 4.78 is 9.47. The van der Waals surface area contributed by atoms with Crippen LogP contribution >= 0.6 is 11.3 Å². The van der Waals surface area contributed by atoms with Crippen molar-refractivity contribution in [2.24, 2.45) is 0 Å². The van der Waals surface area contributed by atoms with Crippen LogP contribution in [0.3, 0.4) is 0 Å². The van der Waals surface area contributed by atoms with E-state index in [0.717, 1.165) is 48.0 Å². The van der Waals surface area contributed by atoms with Gasteiger partial charge in [0.2, 0.25) is 0 Å². The normalized spacial score (nSPS) is 11.4. The van der Waals surface area contributed by atoms with E-state index in [1.54, 1.807) is 22.9 Å². The minimum Gasteiger partial charge on any atom is -0.494 e. The molecule has 0 bridgehead atoms. The van der Waals surface area contributed by atoms with E-state index in [1.165, 1.54) is 11.3 Å². The highest BCUT2D eigenvalue weighted by atomic mass is 32.1. The van der Waals surface area contributed by atoms with Gasteiger partial charge in [0.1, 0.15) is 5.75 Å². The van der Waals surface area contributed by atoms with Crippen LogP contribution in [0.2, 0.25) is 0 Å². The Hall–Kier alpha value is -2.97. The molecule has 0 amide bonds. The van der Waals surface area contributed by atoms with Gasteiger partial charge in [0.15, 0.2) is 4.96 Å². The van der Waals surface area contributed by atoms with Crippen LogP contribution in [0, 0.1) is 0 Å². The summed E-state index contributed by atoms with van der Waals surface area (Å²) in [6, 6.07) is 9.76. The average Bonchev–Trinajstić information content (AvgIpc) is 3.42. The maximum atomic E-state index is 12.4. The maximum Gasteiger partial charge on any atom is 0.258 e. The molecule has 3 aromatic heterocycles. The van der Waals surface area contributed by atoms with Crippen molar-refractivity contribution < 1.29 is 4.74 Å². The molecule has 0 spiro atoms. The first kappa shape index (κ1) is 20.3. The van der Waals surface area contributed by atoms with E-state index in [-0.39, 0.29) is 5.56 Å². The average molecular weight is 424 g/mol. The number of nitrogens with zero attached hydrogens (tertiary/aromatic N) is 5. The minimum absolute atomic E-state index is 0.0377. The molecule has 156 valence electrons. The van der Waals surface area contributed by atoms with Gasteiger partial charge in [0, 0.05) is 61.8 Å². The van der Waals surface area contributed by atoms with E-state index in [9.17, 15) is 4.79 Å². The van der Waals surface area contributed by atoms with Crippen LogP contribution in [0.1, 0.15) is 24.6 Å². The van der Waals surface area contributed by atoms with E-state index in [2.05, 4.69) is 25.5 Å². The second-order valence-corrected chi connectivity index (χ2v) is 7.92. The van der Waals surface area contributed by atoms with Gasteiger partial charge in [0.05, 0.1) is 18.6 Å². The first-order chi connectivity index (χ1) is 14.7. The molecule has 0 aliphatic rings. The number of imidazole rings is 1. The molecule has 0 radical (unpaired) electrons. The highest BCUT2D eigenvalue weighted by molar-refractivity contribution is 7.15. The summed E-state index contributed by atoms with van der Waals surface area (Å²) in [5.74, 6) is 0.904. The fourth-order valence-electron chi connectivity index (χ4n) is 3.48. The van der Waals surface area contributed by atoms with Crippen molar-refractivity contribution in [3.63, 3.8) is 0 Å². The van der Waals surface area contributed by atoms with E-state index in [0.29, 0.717) is 13.2 Å². The smallest absolute Gasteiger partial charge is 0.258 e. The van der Waals surface area contributed by atoms with Crippen molar-refractivity contribution in [3.8, 4) is 5.75 Å². The Labute approximate surface area is 179 Å². The van der Waals surface area contributed by atoms with Crippen molar-refractivity contribution in [2.45, 2.75) is 33.0 Å². The molecule has 0 saturated heterocycles. The molecule has 30 heavy (non-hydrogen) atoms. The lowest BCUT2D eigenvalue weighted by molar-refractivity contribution is 0.239. The molecule has 0 unspecified atom stereocenters. The Bertz CT molecular complexity index is 1140. The van der Waals surface area contributed by atoms with Gasteiger partial charge in [-0.15, -0.1) is 11.3 Å². The molecule has 0 aliphatic carbocycles. The molecule has 4 rings (SSSR count). The number of benzene rings is 1. The summed E-state index contributed by atoms with van der Waals surface area (Å²) in [6.45, 7) is 5.71. The molecule has 4 aromatic rings. The topological polar surface area (TPSA) is 64.7 Å². The monoisotopic (exact) mass is 423 g/mol. The first-order valence-corrected chi connectivity index (χ1v) is 11.0. The minimum atomic E-state index is -0.0377. The van der Waals surface area contributed by atoms with Crippen LogP contribution in [0.5, 0.6) is 5.75 Å². The standard InChI is InChI=1S/C22H25N5O2S/c1-2-29-20-7-4-3-6-18(20)15-26(10-5-9-25-11-8-23-17-25)16-19-14-21(28)27-12-13-30-22(27)24-19/h3-4,6-8,11-14,17H,2,5,9-10,15-16H2,1H3. The molecule has 0 fully saturated rings. The second kappa shape index (κ2) is 9.69. The number of aryl methyl sites for hydroxylation is 1. The van der Waals surface area contributed by atoms with E-state index in [1.807, 2.05) is 43.0 Å². The molecule has 8 heteroatoms. The Morgan fingerprint density at radius 1 is 1.20 bits per heavy atom. The van der Waals surface area contributed by atoms with Gasteiger partial charge >= 0.3 is 0 Å². The predicted octanol–water partition coefficient (Wildman–Crippen LogP) is 3.44. The van der Waals surface area contributed by atoms with Crippen molar-refractivity contribution >= 4 is 16.3 Å². The number of para-hydroxylation sites is 1. The molecule has 0 atom stereocenters. The number of fused-ring (bicyclic) bond motifs is 1. The van der Waals surface area contributed by atoms with Crippen molar-refractivity contribution in [3.05, 3.63) is 82.2 Å². The zero-order valence-corrected chi connectivity index (χ0v) is 17.8. The second-order valence-electron chi connectivity index (χ2n) is 7.05. The lowest BCUT2D eigenvalue weighted by atomic mass is 10.1. The van der Waals surface area contributed by atoms with E-state index < -0.39 is 0 Å². The Morgan fingerprint density at radius 2 is 2.10 bits per heavy atom. The predicted molar refractivity (Wildman–Crippen MR) is 118 cm³/mol. The van der Waals surface area contributed by atoms with E-state index >= 15 is 0 Å². The quantitative estimate of drug-likeness (QED) is 0.391. The van der Waals surface area contributed by atoms with Gasteiger partial charge in [-0.05, 0) is 19.4 Å². The Morgan fingerprint density at radius 3 is 2.93 bits per heavy atom. The van der Waals surface area contributed by atoms with Crippen LogP contribution in [0.25, 0.3) is 4.96 Å². The van der Waals surface area contributed by atoms with Gasteiger partial charge in [-0.2, -0.15) is 0 Å². The lowest BCUT2D eigenvalue weighted by Crippen LogP contribution is -2.27. The number of aromatic nitrogens is 4. The molecule has 7 nitrogen and oxygen atoms in total. The fraction of sp³-hybridized carbons (Fsp3) is 0.318. The van der Waals surface area contributed by atoms with Gasteiger partial charge in [-0.1, -0.05) is 18.2 Å². The number of rotatable bonds is 10. The fourth-order valence-corrected chi connectivity index (χ4v) is 4.22. The summed E-state index contributed by atoms with van der Waals surface area (Å²) in [7, 11) is 0. The maximum absolute atomic E-state index is 12.4. The van der Waals surface area contributed by atoms with Crippen LogP contribution < -0.4 is 10.3 Å². The van der Waals surface area contributed by atoms with Gasteiger partial charge < -0.3 is 9.30 Å². The van der Waals surface area contributed by atoms with Crippen molar-refractivity contribution in [1.82, 2.24) is 23.8 Å². The number of thiazole rings is 1. The first-order valence-electron chi connectivity index (χ1n) is 10.1. The largest absolute Gasteiger partial charge is 0.494 e. The van der Waals surface area contributed by atoms with Crippen LogP contribution in [-0.4, -0.2) is 37.0 Å². The molecule has 0 N–H and O–H groups in total. The molecule has 3 heterocycles. The summed E-state index contributed by atoms with van der Waals surface area (Å²) in [5, 5.41) is 1.88. The SMILES string of the molecule is CCOc1ccccc1CN(CCCn1ccnc1)Cc1cc(=O)n2ccsc2n1. The molecular formula is C22H25N5O2S. The number of hydrogen-bond donors (Lipinski definition) is 0. The number of ether oxygens (including phenoxy) is 1. The number of hydrogen-bond acceptors (Lipinski definition) is 6. The molecule has 1 aromatic carbocycles. The van der Waals surface area contributed by atoms with Crippen molar-refractivity contribution in [1.29, 1.82) is 0 Å². The summed E-state index contributed by atoms with van der Waals surface area (Å²) in [5.41, 5.74) is 1.89. The van der Waals surface area contributed by atoms with Crippen LogP contribution in [0.4, 0.5) is 0 Å². The third-order valence-electron chi connectivity index (χ3n) is 4.86. The summed E-state index contributed by atoms with van der Waals surface area (Å²) >= 11 is 1.47. The van der Waals surface area contributed by atoms with Crippen LogP contribution in [0.15, 0.2) is 65.4 Å². The zero-order chi connectivity index (χ0) is 20.8. The molecule has 0 saturated carbocycles. The lowest BCUT2D eigenvalue weighted by Gasteiger charge is -2.23. The molecular weight excluding hydrogens is 398 g/mol. The van der Waals surface area contributed by atoms with Crippen LogP contribution in [-0.2, 0) is 19.6 Å². The highest BCUT2D eigenvalue weighted by Crippen LogP contribution is 2.21. The molecule has 0 aliphatic heterocycles. The van der Waals surface area contributed by atoms with Gasteiger partial charge in [-0.3, -0.25) is 14.1 Å².